The van der Waals surface area contributed by atoms with Crippen LogP contribution in [0.1, 0.15) is 24.9 Å². The van der Waals surface area contributed by atoms with Crippen molar-refractivity contribution in [2.45, 2.75) is 19.4 Å². The average Bonchev–Trinajstić information content (AvgIpc) is 2.45. The first-order valence-corrected chi connectivity index (χ1v) is 6.04. The summed E-state index contributed by atoms with van der Waals surface area (Å²) in [5, 5.41) is 14.7. The molecular weight excluding hydrogens is 246 g/mol. The van der Waals surface area contributed by atoms with Crippen LogP contribution in [0.5, 0.6) is 11.5 Å². The molecule has 0 radical (unpaired) electrons. The monoisotopic (exact) mass is 267 g/mol. The summed E-state index contributed by atoms with van der Waals surface area (Å²) in [7, 11) is 3.22. The highest BCUT2D eigenvalue weighted by Crippen LogP contribution is 2.29. The largest absolute Gasteiger partial charge is 0.493 e. The van der Waals surface area contributed by atoms with E-state index in [4.69, 9.17) is 20.4 Å². The molecule has 1 atom stereocenters. The molecule has 0 fully saturated rings. The van der Waals surface area contributed by atoms with E-state index in [1.54, 1.807) is 14.2 Å². The molecule has 0 saturated heterocycles. The van der Waals surface area contributed by atoms with Gasteiger partial charge in [-0.15, -0.1) is 0 Å². The summed E-state index contributed by atoms with van der Waals surface area (Å²) in [6, 6.07) is 5.91. The summed E-state index contributed by atoms with van der Waals surface area (Å²) in [6.45, 7) is 2.67. The molecule has 6 nitrogen and oxygen atoms in total. The zero-order chi connectivity index (χ0) is 14.3. The lowest BCUT2D eigenvalue weighted by Gasteiger charge is -2.16. The van der Waals surface area contributed by atoms with E-state index < -0.39 is 0 Å². The van der Waals surface area contributed by atoms with Gasteiger partial charge in [0.25, 0.3) is 0 Å². The fourth-order valence-electron chi connectivity index (χ4n) is 1.71. The molecule has 0 heterocycles. The molecule has 4 N–H and O–H groups in total. The van der Waals surface area contributed by atoms with Crippen molar-refractivity contribution in [3.8, 4) is 11.5 Å². The topological polar surface area (TPSA) is 89.1 Å². The minimum Gasteiger partial charge on any atom is -0.493 e. The van der Waals surface area contributed by atoms with Gasteiger partial charge in [-0.25, -0.2) is 0 Å². The third-order valence-electron chi connectivity index (χ3n) is 2.87. The standard InChI is InChI=1S/C13H21N3O3/c1-9(15-7-6-13(14)16-17)10-4-5-11(18-2)12(8-10)19-3/h4-5,8-9,15,17H,6-7H2,1-3H3,(H2,14,16). The van der Waals surface area contributed by atoms with E-state index in [2.05, 4.69) is 10.5 Å². The first kappa shape index (κ1) is 15.1. The van der Waals surface area contributed by atoms with Gasteiger partial charge in [-0.05, 0) is 24.6 Å². The van der Waals surface area contributed by atoms with Crippen LogP contribution in [0, 0.1) is 0 Å². The first-order chi connectivity index (χ1) is 9.12. The molecule has 19 heavy (non-hydrogen) atoms. The van der Waals surface area contributed by atoms with Gasteiger partial charge >= 0.3 is 0 Å². The number of rotatable bonds is 7. The lowest BCUT2D eigenvalue weighted by Crippen LogP contribution is -2.24. The summed E-state index contributed by atoms with van der Waals surface area (Å²) in [5.41, 5.74) is 6.49. The Bertz CT molecular complexity index is 435. The molecule has 106 valence electrons. The molecule has 1 aromatic carbocycles. The van der Waals surface area contributed by atoms with Crippen molar-refractivity contribution in [1.29, 1.82) is 0 Å². The number of methoxy groups -OCH3 is 2. The molecule has 1 rings (SSSR count). The third kappa shape index (κ3) is 4.33. The van der Waals surface area contributed by atoms with Crippen LogP contribution in [0.4, 0.5) is 0 Å². The van der Waals surface area contributed by atoms with Crippen molar-refractivity contribution in [3.05, 3.63) is 23.8 Å². The molecule has 0 aliphatic carbocycles. The highest BCUT2D eigenvalue weighted by molar-refractivity contribution is 5.79. The van der Waals surface area contributed by atoms with Gasteiger partial charge in [-0.3, -0.25) is 0 Å². The Morgan fingerprint density at radius 3 is 2.63 bits per heavy atom. The molecule has 1 unspecified atom stereocenters. The van der Waals surface area contributed by atoms with Crippen molar-refractivity contribution in [2.24, 2.45) is 10.9 Å². The first-order valence-electron chi connectivity index (χ1n) is 6.04. The van der Waals surface area contributed by atoms with E-state index in [1.165, 1.54) is 0 Å². The van der Waals surface area contributed by atoms with E-state index >= 15 is 0 Å². The summed E-state index contributed by atoms with van der Waals surface area (Å²) in [4.78, 5) is 0. The summed E-state index contributed by atoms with van der Waals surface area (Å²) < 4.78 is 10.5. The number of nitrogens with two attached hydrogens (primary N) is 1. The summed E-state index contributed by atoms with van der Waals surface area (Å²) in [5.74, 6) is 1.62. The predicted octanol–water partition coefficient (Wildman–Crippen LogP) is 1.49. The average molecular weight is 267 g/mol. The molecule has 0 saturated carbocycles. The predicted molar refractivity (Wildman–Crippen MR) is 74.0 cm³/mol. The Morgan fingerprint density at radius 1 is 1.37 bits per heavy atom. The molecule has 0 aliphatic heterocycles. The Kier molecular flexibility index (Phi) is 5.95. The van der Waals surface area contributed by atoms with Crippen LogP contribution in [0.15, 0.2) is 23.4 Å². The molecule has 0 aliphatic rings. The van der Waals surface area contributed by atoms with Gasteiger partial charge in [0.05, 0.1) is 14.2 Å². The number of hydrogen-bond acceptors (Lipinski definition) is 5. The van der Waals surface area contributed by atoms with E-state index in [0.717, 1.165) is 5.56 Å². The molecular formula is C13H21N3O3. The number of ether oxygens (including phenoxy) is 2. The Hall–Kier alpha value is -1.95. The number of nitrogens with one attached hydrogen (secondary N) is 1. The number of hydrogen-bond donors (Lipinski definition) is 3. The normalized spacial score (nSPS) is 13.1. The van der Waals surface area contributed by atoms with Gasteiger partial charge < -0.3 is 25.7 Å². The van der Waals surface area contributed by atoms with Crippen LogP contribution in [-0.4, -0.2) is 31.8 Å². The van der Waals surface area contributed by atoms with Gasteiger partial charge in [0.2, 0.25) is 0 Å². The number of benzene rings is 1. The minimum atomic E-state index is 0.131. The fourth-order valence-corrected chi connectivity index (χ4v) is 1.71. The maximum Gasteiger partial charge on any atom is 0.161 e. The third-order valence-corrected chi connectivity index (χ3v) is 2.87. The molecule has 0 bridgehead atoms. The molecule has 0 amide bonds. The minimum absolute atomic E-state index is 0.131. The quantitative estimate of drug-likeness (QED) is 0.301. The smallest absolute Gasteiger partial charge is 0.161 e. The molecule has 6 heteroatoms. The van der Waals surface area contributed by atoms with Gasteiger partial charge in [0.1, 0.15) is 5.84 Å². The molecule has 0 spiro atoms. The lowest BCUT2D eigenvalue weighted by atomic mass is 10.1. The van der Waals surface area contributed by atoms with Crippen molar-refractivity contribution in [3.63, 3.8) is 0 Å². The SMILES string of the molecule is COc1ccc(C(C)NCCC(N)=NO)cc1OC. The van der Waals surface area contributed by atoms with Gasteiger partial charge in [0.15, 0.2) is 11.5 Å². The summed E-state index contributed by atoms with van der Waals surface area (Å²) >= 11 is 0. The van der Waals surface area contributed by atoms with Crippen LogP contribution >= 0.6 is 0 Å². The van der Waals surface area contributed by atoms with E-state index in [1.807, 2.05) is 25.1 Å². The Balaban J connectivity index is 2.64. The maximum absolute atomic E-state index is 8.45. The molecule has 1 aromatic rings. The van der Waals surface area contributed by atoms with E-state index in [0.29, 0.717) is 24.5 Å². The van der Waals surface area contributed by atoms with Crippen molar-refractivity contribution in [2.75, 3.05) is 20.8 Å². The van der Waals surface area contributed by atoms with Crippen LogP contribution in [0.2, 0.25) is 0 Å². The van der Waals surface area contributed by atoms with Crippen LogP contribution in [0.25, 0.3) is 0 Å². The Morgan fingerprint density at radius 2 is 2.05 bits per heavy atom. The number of nitrogens with zero attached hydrogens (tertiary/aromatic N) is 1. The van der Waals surface area contributed by atoms with Crippen LogP contribution < -0.4 is 20.5 Å². The fraction of sp³-hybridized carbons (Fsp3) is 0.462. The van der Waals surface area contributed by atoms with E-state index in [9.17, 15) is 0 Å². The zero-order valence-corrected chi connectivity index (χ0v) is 11.5. The second kappa shape index (κ2) is 7.48. The van der Waals surface area contributed by atoms with Crippen molar-refractivity contribution >= 4 is 5.84 Å². The van der Waals surface area contributed by atoms with Crippen LogP contribution in [0.3, 0.4) is 0 Å². The van der Waals surface area contributed by atoms with Crippen LogP contribution in [-0.2, 0) is 0 Å². The van der Waals surface area contributed by atoms with Crippen molar-refractivity contribution in [1.82, 2.24) is 5.32 Å². The zero-order valence-electron chi connectivity index (χ0n) is 11.5. The second-order valence-corrected chi connectivity index (χ2v) is 4.13. The Labute approximate surface area is 113 Å². The number of amidine groups is 1. The van der Waals surface area contributed by atoms with E-state index in [-0.39, 0.29) is 11.9 Å². The van der Waals surface area contributed by atoms with Gasteiger partial charge in [-0.2, -0.15) is 0 Å². The maximum atomic E-state index is 8.45. The lowest BCUT2D eigenvalue weighted by molar-refractivity contribution is 0.316. The number of oxime groups is 1. The second-order valence-electron chi connectivity index (χ2n) is 4.13. The van der Waals surface area contributed by atoms with Gasteiger partial charge in [0, 0.05) is 19.0 Å². The highest BCUT2D eigenvalue weighted by Gasteiger charge is 2.09. The highest BCUT2D eigenvalue weighted by atomic mass is 16.5. The van der Waals surface area contributed by atoms with Gasteiger partial charge in [-0.1, -0.05) is 11.2 Å². The van der Waals surface area contributed by atoms with Crippen molar-refractivity contribution < 1.29 is 14.7 Å². The summed E-state index contributed by atoms with van der Waals surface area (Å²) in [6.07, 6.45) is 0.494. The molecule has 0 aromatic heterocycles.